The third-order valence-electron chi connectivity index (χ3n) is 5.14. The van der Waals surface area contributed by atoms with Crippen molar-refractivity contribution < 1.29 is 19.1 Å². The van der Waals surface area contributed by atoms with E-state index in [4.69, 9.17) is 15.2 Å². The van der Waals surface area contributed by atoms with Crippen LogP contribution in [-0.4, -0.2) is 43.3 Å². The maximum atomic E-state index is 12.3. The second-order valence-electron chi connectivity index (χ2n) is 6.78. The molecule has 152 valence electrons. The van der Waals surface area contributed by atoms with Gasteiger partial charge in [-0.05, 0) is 31.9 Å². The Balaban J connectivity index is 1.95. The van der Waals surface area contributed by atoms with Crippen LogP contribution in [-0.2, 0) is 14.3 Å². The molecule has 0 radical (unpaired) electrons. The molecule has 0 saturated carbocycles. The lowest BCUT2D eigenvalue weighted by atomic mass is 9.96. The highest BCUT2D eigenvalue weighted by Crippen LogP contribution is 2.33. The number of hydrogen-bond acceptors (Lipinski definition) is 7. The molecular weight excluding hydrogens is 372 g/mol. The van der Waals surface area contributed by atoms with Gasteiger partial charge in [0.1, 0.15) is 6.07 Å². The summed E-state index contributed by atoms with van der Waals surface area (Å²) in [7, 11) is 1.28. The van der Waals surface area contributed by atoms with Gasteiger partial charge in [-0.25, -0.2) is 4.79 Å². The van der Waals surface area contributed by atoms with Gasteiger partial charge < -0.3 is 24.7 Å². The number of rotatable bonds is 5. The van der Waals surface area contributed by atoms with Crippen molar-refractivity contribution in [2.75, 3.05) is 37.4 Å². The Labute approximate surface area is 169 Å². The minimum Gasteiger partial charge on any atom is -0.466 e. The Kier molecular flexibility index (Phi) is 6.07. The summed E-state index contributed by atoms with van der Waals surface area (Å²) in [5, 5.41) is 9.35. The van der Waals surface area contributed by atoms with Crippen LogP contribution in [0.25, 0.3) is 5.69 Å². The average Bonchev–Trinajstić information content (AvgIpc) is 3.09. The first-order valence-electron chi connectivity index (χ1n) is 9.52. The van der Waals surface area contributed by atoms with Crippen molar-refractivity contribution in [2.24, 2.45) is 5.92 Å². The molecule has 1 fully saturated rings. The van der Waals surface area contributed by atoms with E-state index in [0.29, 0.717) is 32.5 Å². The minimum atomic E-state index is -0.611. The van der Waals surface area contributed by atoms with Gasteiger partial charge in [0, 0.05) is 19.3 Å². The molecule has 8 heteroatoms. The van der Waals surface area contributed by atoms with E-state index >= 15 is 0 Å². The molecule has 1 saturated heterocycles. The van der Waals surface area contributed by atoms with Gasteiger partial charge >= 0.3 is 11.9 Å². The van der Waals surface area contributed by atoms with E-state index < -0.39 is 5.97 Å². The van der Waals surface area contributed by atoms with E-state index in [2.05, 4.69) is 4.90 Å². The predicted molar refractivity (Wildman–Crippen MR) is 108 cm³/mol. The van der Waals surface area contributed by atoms with Gasteiger partial charge in [0.05, 0.1) is 42.3 Å². The summed E-state index contributed by atoms with van der Waals surface area (Å²) >= 11 is 0. The maximum Gasteiger partial charge on any atom is 0.357 e. The molecule has 0 unspecified atom stereocenters. The van der Waals surface area contributed by atoms with Crippen LogP contribution in [0.1, 0.15) is 35.8 Å². The molecular formula is C21H24N4O4. The van der Waals surface area contributed by atoms with Crippen LogP contribution in [0.15, 0.2) is 30.5 Å². The third-order valence-corrected chi connectivity index (χ3v) is 5.14. The Morgan fingerprint density at radius 2 is 1.90 bits per heavy atom. The quantitative estimate of drug-likeness (QED) is 0.773. The van der Waals surface area contributed by atoms with E-state index in [0.717, 1.165) is 11.4 Å². The summed E-state index contributed by atoms with van der Waals surface area (Å²) in [4.78, 5) is 26.5. The zero-order valence-electron chi connectivity index (χ0n) is 16.6. The zero-order chi connectivity index (χ0) is 21.0. The molecule has 0 atom stereocenters. The minimum absolute atomic E-state index is 0.0928. The van der Waals surface area contributed by atoms with Crippen LogP contribution in [0.5, 0.6) is 0 Å². The number of methoxy groups -OCH3 is 1. The summed E-state index contributed by atoms with van der Waals surface area (Å²) < 4.78 is 11.6. The number of esters is 2. The number of para-hydroxylation sites is 2. The summed E-state index contributed by atoms with van der Waals surface area (Å²) in [5.41, 5.74) is 8.06. The van der Waals surface area contributed by atoms with Crippen molar-refractivity contribution in [3.05, 3.63) is 41.7 Å². The van der Waals surface area contributed by atoms with Crippen molar-refractivity contribution in [1.29, 1.82) is 5.26 Å². The number of nitrogens with zero attached hydrogens (tertiary/aromatic N) is 3. The van der Waals surface area contributed by atoms with Crippen LogP contribution in [0.4, 0.5) is 11.4 Å². The van der Waals surface area contributed by atoms with Gasteiger partial charge in [-0.1, -0.05) is 12.1 Å². The van der Waals surface area contributed by atoms with Gasteiger partial charge in [0.2, 0.25) is 0 Å². The lowest BCUT2D eigenvalue weighted by Crippen LogP contribution is -2.37. The average molecular weight is 396 g/mol. The normalized spacial score (nSPS) is 14.3. The topological polar surface area (TPSA) is 111 Å². The van der Waals surface area contributed by atoms with Crippen molar-refractivity contribution in [3.8, 4) is 11.8 Å². The van der Waals surface area contributed by atoms with Gasteiger partial charge in [-0.2, -0.15) is 5.26 Å². The largest absolute Gasteiger partial charge is 0.466 e. The lowest BCUT2D eigenvalue weighted by Gasteiger charge is -2.34. The Morgan fingerprint density at radius 1 is 1.24 bits per heavy atom. The molecule has 3 rings (SSSR count). The molecule has 2 N–H and O–H groups in total. The number of piperidine rings is 1. The summed E-state index contributed by atoms with van der Waals surface area (Å²) in [6.45, 7) is 3.54. The number of nitriles is 1. The molecule has 0 bridgehead atoms. The van der Waals surface area contributed by atoms with E-state index in [9.17, 15) is 14.9 Å². The van der Waals surface area contributed by atoms with Crippen LogP contribution in [0, 0.1) is 17.2 Å². The number of nitrogen functional groups attached to an aromatic ring is 1. The van der Waals surface area contributed by atoms with Crippen molar-refractivity contribution >= 4 is 23.3 Å². The molecule has 0 spiro atoms. The zero-order valence-corrected chi connectivity index (χ0v) is 16.6. The fraction of sp³-hybridized carbons (Fsp3) is 0.381. The Morgan fingerprint density at radius 3 is 2.48 bits per heavy atom. The number of aromatic nitrogens is 1. The number of nitrogens with two attached hydrogens (primary N) is 1. The van der Waals surface area contributed by atoms with Gasteiger partial charge in [-0.15, -0.1) is 0 Å². The highest BCUT2D eigenvalue weighted by atomic mass is 16.5. The first-order chi connectivity index (χ1) is 14.0. The number of ether oxygens (including phenoxy) is 2. The Hall–Kier alpha value is -3.47. The standard InChI is InChI=1S/C21H24N4O4/c1-3-29-20(26)14-8-10-24(11-9-14)16-6-4-5-7-17(16)25-13-15(12-22)18(23)19(25)21(27)28-2/h4-7,13-14H,3,8-11,23H2,1-2H3. The molecule has 0 aliphatic carbocycles. The SMILES string of the molecule is CCOC(=O)C1CCN(c2ccccc2-n2cc(C#N)c(N)c2C(=O)OC)CC1. The first kappa shape index (κ1) is 20.3. The van der Waals surface area contributed by atoms with Crippen LogP contribution in [0.2, 0.25) is 0 Å². The fourth-order valence-corrected chi connectivity index (χ4v) is 3.66. The summed E-state index contributed by atoms with van der Waals surface area (Å²) in [5.74, 6) is -0.860. The highest BCUT2D eigenvalue weighted by Gasteiger charge is 2.28. The van der Waals surface area contributed by atoms with Gasteiger partial charge in [0.15, 0.2) is 5.69 Å². The highest BCUT2D eigenvalue weighted by molar-refractivity contribution is 5.96. The molecule has 2 heterocycles. The maximum absolute atomic E-state index is 12.3. The van der Waals surface area contributed by atoms with E-state index in [1.807, 2.05) is 30.3 Å². The summed E-state index contributed by atoms with van der Waals surface area (Å²) in [6.07, 6.45) is 2.92. The second-order valence-corrected chi connectivity index (χ2v) is 6.78. The van der Waals surface area contributed by atoms with Gasteiger partial charge in [-0.3, -0.25) is 4.79 Å². The smallest absolute Gasteiger partial charge is 0.357 e. The third kappa shape index (κ3) is 3.90. The molecule has 29 heavy (non-hydrogen) atoms. The van der Waals surface area contributed by atoms with Crippen molar-refractivity contribution in [1.82, 2.24) is 4.57 Å². The first-order valence-corrected chi connectivity index (χ1v) is 9.52. The predicted octanol–water partition coefficient (Wildman–Crippen LogP) is 2.50. The number of hydrogen-bond donors (Lipinski definition) is 1. The molecule has 0 amide bonds. The molecule has 1 aromatic heterocycles. The van der Waals surface area contributed by atoms with E-state index in [1.165, 1.54) is 7.11 Å². The van der Waals surface area contributed by atoms with E-state index in [1.54, 1.807) is 17.7 Å². The summed E-state index contributed by atoms with van der Waals surface area (Å²) in [6, 6.07) is 9.59. The Bertz CT molecular complexity index is 952. The van der Waals surface area contributed by atoms with Crippen molar-refractivity contribution in [2.45, 2.75) is 19.8 Å². The van der Waals surface area contributed by atoms with Crippen molar-refractivity contribution in [3.63, 3.8) is 0 Å². The molecule has 2 aromatic rings. The molecule has 8 nitrogen and oxygen atoms in total. The number of carbonyl (C=O) groups excluding carboxylic acids is 2. The van der Waals surface area contributed by atoms with Crippen LogP contribution >= 0.6 is 0 Å². The number of anilines is 2. The fourth-order valence-electron chi connectivity index (χ4n) is 3.66. The lowest BCUT2D eigenvalue weighted by molar-refractivity contribution is -0.148. The number of benzene rings is 1. The molecule has 1 aliphatic rings. The number of carbonyl (C=O) groups is 2. The monoisotopic (exact) mass is 396 g/mol. The second kappa shape index (κ2) is 8.69. The van der Waals surface area contributed by atoms with E-state index in [-0.39, 0.29) is 28.8 Å². The molecule has 1 aromatic carbocycles. The molecule has 1 aliphatic heterocycles. The van der Waals surface area contributed by atoms with Gasteiger partial charge in [0.25, 0.3) is 0 Å². The van der Waals surface area contributed by atoms with Crippen LogP contribution < -0.4 is 10.6 Å². The van der Waals surface area contributed by atoms with Crippen LogP contribution in [0.3, 0.4) is 0 Å².